The number of hydrogen-bond donors (Lipinski definition) is 2. The zero-order valence-electron chi connectivity index (χ0n) is 24.5. The van der Waals surface area contributed by atoms with E-state index in [1.54, 1.807) is 12.1 Å². The molecule has 0 aromatic heterocycles. The molecule has 1 aliphatic rings. The average Bonchev–Trinajstić information content (AvgIpc) is 3.31. The summed E-state index contributed by atoms with van der Waals surface area (Å²) in [7, 11) is 0. The minimum atomic E-state index is -1.39. The van der Waals surface area contributed by atoms with E-state index >= 15 is 0 Å². The van der Waals surface area contributed by atoms with Gasteiger partial charge in [0.1, 0.15) is 24.7 Å². The summed E-state index contributed by atoms with van der Waals surface area (Å²) in [6.07, 6.45) is 2.79. The first-order valence-corrected chi connectivity index (χ1v) is 14.3. The van der Waals surface area contributed by atoms with Gasteiger partial charge in [0, 0.05) is 6.42 Å². The van der Waals surface area contributed by atoms with Gasteiger partial charge in [0.15, 0.2) is 5.60 Å². The largest absolute Gasteiger partial charge is 0.508 e. The molecule has 0 amide bonds. The van der Waals surface area contributed by atoms with Crippen LogP contribution in [0.4, 0.5) is 0 Å². The van der Waals surface area contributed by atoms with Crippen LogP contribution in [0.2, 0.25) is 0 Å². The third kappa shape index (κ3) is 7.16. The summed E-state index contributed by atoms with van der Waals surface area (Å²) in [4.78, 5) is 13.4. The van der Waals surface area contributed by atoms with Crippen molar-refractivity contribution in [3.63, 3.8) is 0 Å². The van der Waals surface area contributed by atoms with E-state index in [9.17, 15) is 15.0 Å². The van der Waals surface area contributed by atoms with Crippen molar-refractivity contribution in [3.05, 3.63) is 148 Å². The molecule has 0 aliphatic carbocycles. The van der Waals surface area contributed by atoms with Gasteiger partial charge >= 0.3 is 5.97 Å². The highest BCUT2D eigenvalue weighted by Gasteiger charge is 2.49. The molecular formula is C37H36O6. The van der Waals surface area contributed by atoms with Gasteiger partial charge in [0.25, 0.3) is 0 Å². The molecule has 5 rings (SSSR count). The van der Waals surface area contributed by atoms with Crippen LogP contribution in [-0.4, -0.2) is 28.4 Å². The number of ether oxygens (including phenoxy) is 3. The Morgan fingerprint density at radius 1 is 0.814 bits per heavy atom. The first-order chi connectivity index (χ1) is 20.9. The first kappa shape index (κ1) is 29.7. The molecule has 1 atom stereocenters. The van der Waals surface area contributed by atoms with Crippen LogP contribution in [0.15, 0.2) is 121 Å². The zero-order valence-corrected chi connectivity index (χ0v) is 24.5. The second-order valence-electron chi connectivity index (χ2n) is 10.9. The molecule has 1 unspecified atom stereocenters. The average molecular weight is 577 g/mol. The summed E-state index contributed by atoms with van der Waals surface area (Å²) in [6, 6.07) is 32.2. The van der Waals surface area contributed by atoms with E-state index in [4.69, 9.17) is 14.2 Å². The Morgan fingerprint density at radius 2 is 1.44 bits per heavy atom. The number of benzene rings is 4. The summed E-state index contributed by atoms with van der Waals surface area (Å²) in [6.45, 7) is 4.15. The molecule has 6 nitrogen and oxygen atoms in total. The predicted molar refractivity (Wildman–Crippen MR) is 166 cm³/mol. The van der Waals surface area contributed by atoms with Gasteiger partial charge in [-0.2, -0.15) is 0 Å². The van der Waals surface area contributed by atoms with Crippen molar-refractivity contribution in [1.82, 2.24) is 0 Å². The maximum atomic E-state index is 13.4. The Labute approximate surface area is 252 Å². The van der Waals surface area contributed by atoms with Crippen LogP contribution < -0.4 is 4.74 Å². The summed E-state index contributed by atoms with van der Waals surface area (Å²) < 4.78 is 18.1. The second kappa shape index (κ2) is 13.4. The molecule has 6 heteroatoms. The molecule has 220 valence electrons. The van der Waals surface area contributed by atoms with Crippen LogP contribution in [0.3, 0.4) is 0 Å². The molecule has 43 heavy (non-hydrogen) atoms. The van der Waals surface area contributed by atoms with Crippen LogP contribution in [0.25, 0.3) is 5.57 Å². The number of cyclic esters (lactones) is 1. The lowest BCUT2D eigenvalue weighted by Crippen LogP contribution is -2.38. The lowest BCUT2D eigenvalue weighted by Gasteiger charge is -2.29. The van der Waals surface area contributed by atoms with Crippen molar-refractivity contribution in [3.8, 4) is 11.5 Å². The van der Waals surface area contributed by atoms with Crippen LogP contribution in [0, 0.1) is 0 Å². The van der Waals surface area contributed by atoms with Crippen LogP contribution in [0.1, 0.15) is 41.7 Å². The van der Waals surface area contributed by atoms with Crippen LogP contribution >= 0.6 is 0 Å². The van der Waals surface area contributed by atoms with E-state index in [0.717, 1.165) is 27.8 Å². The van der Waals surface area contributed by atoms with Crippen LogP contribution in [0.5, 0.6) is 11.5 Å². The Morgan fingerprint density at radius 3 is 2.05 bits per heavy atom. The third-order valence-corrected chi connectivity index (χ3v) is 7.39. The molecule has 0 bridgehead atoms. The van der Waals surface area contributed by atoms with Gasteiger partial charge in [-0.25, -0.2) is 4.79 Å². The van der Waals surface area contributed by atoms with Gasteiger partial charge in [-0.3, -0.25) is 0 Å². The summed E-state index contributed by atoms with van der Waals surface area (Å²) in [5.74, 6) is 0.297. The number of hydrogen-bond acceptors (Lipinski definition) is 6. The lowest BCUT2D eigenvalue weighted by atomic mass is 9.83. The number of carbonyl (C=O) groups is 1. The van der Waals surface area contributed by atoms with Crippen molar-refractivity contribution in [1.29, 1.82) is 0 Å². The molecule has 0 radical (unpaired) electrons. The molecule has 0 saturated heterocycles. The van der Waals surface area contributed by atoms with Gasteiger partial charge in [0.2, 0.25) is 5.76 Å². The minimum absolute atomic E-state index is 0.0689. The standard InChI is InChI=1S/C37H36O6/c1-26(2)13-15-31-21-29(14-20-33(31)39)22-37(25-38)34(35(36(40)43-37)42-24-28-11-7-4-8-12-28)30-16-18-32(19-17-30)41-23-27-9-5-3-6-10-27/h3-14,16-21,38-39H,15,22-25H2,1-2H3. The number of aliphatic hydroxyl groups is 1. The normalized spacial score (nSPS) is 16.1. The minimum Gasteiger partial charge on any atom is -0.508 e. The number of allylic oxidation sites excluding steroid dienone is 2. The van der Waals surface area contributed by atoms with Crippen molar-refractivity contribution in [2.75, 3.05) is 6.61 Å². The van der Waals surface area contributed by atoms with Gasteiger partial charge in [-0.1, -0.05) is 96.6 Å². The number of aliphatic hydroxyl groups excluding tert-OH is 1. The number of phenols is 1. The zero-order chi connectivity index (χ0) is 30.2. The maximum absolute atomic E-state index is 13.4. The van der Waals surface area contributed by atoms with Crippen LogP contribution in [-0.2, 0) is 40.3 Å². The molecule has 1 heterocycles. The highest BCUT2D eigenvalue weighted by molar-refractivity contribution is 6.02. The van der Waals surface area contributed by atoms with E-state index in [2.05, 4.69) is 0 Å². The van der Waals surface area contributed by atoms with Crippen molar-refractivity contribution < 1.29 is 29.2 Å². The SMILES string of the molecule is CC(C)=CCc1cc(CC2(CO)OC(=O)C(OCc3ccccc3)=C2c2ccc(OCc3ccccc3)cc2)ccc1O. The van der Waals surface area contributed by atoms with Gasteiger partial charge < -0.3 is 24.4 Å². The van der Waals surface area contributed by atoms with E-state index in [1.807, 2.05) is 111 Å². The fraction of sp³-hybridized carbons (Fsp3) is 0.216. The van der Waals surface area contributed by atoms with E-state index < -0.39 is 18.2 Å². The third-order valence-electron chi connectivity index (χ3n) is 7.39. The smallest absolute Gasteiger partial charge is 0.375 e. The molecule has 0 spiro atoms. The predicted octanol–water partition coefficient (Wildman–Crippen LogP) is 6.94. The quantitative estimate of drug-likeness (QED) is 0.140. The maximum Gasteiger partial charge on any atom is 0.375 e. The number of phenolic OH excluding ortho intramolecular Hbond substituents is 1. The molecular weight excluding hydrogens is 540 g/mol. The first-order valence-electron chi connectivity index (χ1n) is 14.3. The van der Waals surface area contributed by atoms with E-state index in [-0.39, 0.29) is 24.5 Å². The monoisotopic (exact) mass is 576 g/mol. The molecule has 4 aromatic carbocycles. The highest BCUT2D eigenvalue weighted by atomic mass is 16.6. The second-order valence-corrected chi connectivity index (χ2v) is 10.9. The molecule has 2 N–H and O–H groups in total. The summed E-state index contributed by atoms with van der Waals surface area (Å²) in [5.41, 5.74) is 4.42. The number of rotatable bonds is 12. The highest BCUT2D eigenvalue weighted by Crippen LogP contribution is 2.43. The van der Waals surface area contributed by atoms with Crippen molar-refractivity contribution >= 4 is 11.5 Å². The van der Waals surface area contributed by atoms with Gasteiger partial charge in [0.05, 0.1) is 12.2 Å². The fourth-order valence-electron chi connectivity index (χ4n) is 5.15. The molecule has 0 fully saturated rings. The lowest BCUT2D eigenvalue weighted by molar-refractivity contribution is -0.151. The van der Waals surface area contributed by atoms with Gasteiger partial charge in [-0.15, -0.1) is 0 Å². The number of aromatic hydroxyl groups is 1. The van der Waals surface area contributed by atoms with E-state index in [0.29, 0.717) is 29.9 Å². The number of esters is 1. The summed E-state index contributed by atoms with van der Waals surface area (Å²) in [5, 5.41) is 21.3. The number of carbonyl (C=O) groups excluding carboxylic acids is 1. The molecule has 4 aromatic rings. The van der Waals surface area contributed by atoms with E-state index in [1.165, 1.54) is 0 Å². The summed E-state index contributed by atoms with van der Waals surface area (Å²) >= 11 is 0. The van der Waals surface area contributed by atoms with Gasteiger partial charge in [-0.05, 0) is 66.3 Å². The van der Waals surface area contributed by atoms with Crippen molar-refractivity contribution in [2.24, 2.45) is 0 Å². The van der Waals surface area contributed by atoms with Crippen molar-refractivity contribution in [2.45, 2.75) is 45.5 Å². The Bertz CT molecular complexity index is 1600. The Hall–Kier alpha value is -4.81. The Kier molecular flexibility index (Phi) is 9.28. The Balaban J connectivity index is 1.49. The molecule has 1 aliphatic heterocycles. The topological polar surface area (TPSA) is 85.2 Å². The fourth-order valence-corrected chi connectivity index (χ4v) is 5.15. The molecule has 0 saturated carbocycles.